The molecule has 3 aromatic rings. The van der Waals surface area contributed by atoms with Crippen LogP contribution in [0.15, 0.2) is 45.1 Å². The molecule has 0 spiro atoms. The van der Waals surface area contributed by atoms with Crippen LogP contribution in [0.1, 0.15) is 38.2 Å². The summed E-state index contributed by atoms with van der Waals surface area (Å²) in [4.78, 5) is 26.6. The molecule has 9 nitrogen and oxygen atoms in total. The molecule has 164 valence electrons. The van der Waals surface area contributed by atoms with Gasteiger partial charge in [0.2, 0.25) is 10.0 Å². The van der Waals surface area contributed by atoms with Gasteiger partial charge in [0.05, 0.1) is 28.5 Å². The van der Waals surface area contributed by atoms with Gasteiger partial charge in [-0.25, -0.2) is 17.9 Å². The quantitative estimate of drug-likeness (QED) is 0.590. The number of sulfonamides is 1. The third-order valence-electron chi connectivity index (χ3n) is 6.12. The molecule has 1 N–H and O–H groups in total. The zero-order chi connectivity index (χ0) is 22.0. The van der Waals surface area contributed by atoms with E-state index < -0.39 is 21.1 Å². The van der Waals surface area contributed by atoms with Crippen LogP contribution in [0.2, 0.25) is 0 Å². The molecule has 0 radical (unpaired) electrons. The van der Waals surface area contributed by atoms with E-state index in [4.69, 9.17) is 0 Å². The van der Waals surface area contributed by atoms with E-state index in [0.29, 0.717) is 18.0 Å². The van der Waals surface area contributed by atoms with Gasteiger partial charge in [-0.15, -0.1) is 0 Å². The summed E-state index contributed by atoms with van der Waals surface area (Å²) in [5.41, 5.74) is -0.0934. The molecule has 0 saturated heterocycles. The highest BCUT2D eigenvalue weighted by Crippen LogP contribution is 2.36. The molecule has 2 saturated carbocycles. The number of fused-ring (bicyclic) bond motifs is 1. The molecule has 2 aliphatic carbocycles. The largest absolute Gasteiger partial charge is 0.331 e. The van der Waals surface area contributed by atoms with Crippen molar-refractivity contribution in [3.05, 3.63) is 57.0 Å². The molecule has 2 heterocycles. The van der Waals surface area contributed by atoms with Crippen molar-refractivity contribution >= 4 is 20.9 Å². The molecule has 2 aliphatic rings. The zero-order valence-electron chi connectivity index (χ0n) is 17.5. The van der Waals surface area contributed by atoms with Crippen LogP contribution in [-0.4, -0.2) is 32.9 Å². The number of aryl methyl sites for hydroxylation is 1. The first-order valence-electron chi connectivity index (χ1n) is 10.4. The monoisotopic (exact) mass is 443 g/mol. The van der Waals surface area contributed by atoms with E-state index in [9.17, 15) is 18.0 Å². The number of aromatic nitrogens is 4. The van der Waals surface area contributed by atoms with Crippen LogP contribution in [0.3, 0.4) is 0 Å². The Hall–Kier alpha value is -2.72. The van der Waals surface area contributed by atoms with E-state index in [2.05, 4.69) is 9.82 Å². The highest BCUT2D eigenvalue weighted by atomic mass is 32.2. The van der Waals surface area contributed by atoms with Gasteiger partial charge >= 0.3 is 5.69 Å². The Balaban J connectivity index is 1.67. The Bertz CT molecular complexity index is 1410. The summed E-state index contributed by atoms with van der Waals surface area (Å²) in [5.74, 6) is 0.408. The second-order valence-corrected chi connectivity index (χ2v) is 10.8. The maximum Gasteiger partial charge on any atom is 0.331 e. The molecule has 0 amide bonds. The molecule has 5 rings (SSSR count). The molecule has 1 aromatic carbocycles. The van der Waals surface area contributed by atoms with Gasteiger partial charge in [-0.2, -0.15) is 5.10 Å². The van der Waals surface area contributed by atoms with E-state index in [0.717, 1.165) is 31.2 Å². The SMILES string of the molecule is Cn1cc(Cn2c(=O)c3cc(S(=O)(=O)NC4(C)CC4)ccc3n(CC3CC3)c2=O)cn1. The lowest BCUT2D eigenvalue weighted by Gasteiger charge is -2.16. The molecule has 0 unspecified atom stereocenters. The Kier molecular flexibility index (Phi) is 4.49. The lowest BCUT2D eigenvalue weighted by Crippen LogP contribution is -2.41. The smallest absolute Gasteiger partial charge is 0.293 e. The van der Waals surface area contributed by atoms with Gasteiger partial charge in [0.15, 0.2) is 0 Å². The maximum atomic E-state index is 13.3. The van der Waals surface area contributed by atoms with Crippen molar-refractivity contribution in [2.45, 2.75) is 56.1 Å². The maximum absolute atomic E-state index is 13.3. The average Bonchev–Trinajstić information content (AvgIpc) is 3.63. The number of benzene rings is 1. The van der Waals surface area contributed by atoms with Gasteiger partial charge in [0.25, 0.3) is 5.56 Å². The van der Waals surface area contributed by atoms with Crippen molar-refractivity contribution in [2.24, 2.45) is 13.0 Å². The van der Waals surface area contributed by atoms with Gasteiger partial charge in [-0.1, -0.05) is 0 Å². The third kappa shape index (κ3) is 3.85. The van der Waals surface area contributed by atoms with Gasteiger partial charge < -0.3 is 0 Å². The van der Waals surface area contributed by atoms with E-state index >= 15 is 0 Å². The summed E-state index contributed by atoms with van der Waals surface area (Å²) >= 11 is 0. The standard InChI is InChI=1S/C21H25N5O4S/c1-21(7-8-21)23-31(29,30)16-5-6-18-17(9-16)19(27)26(13-15-10-22-24(2)11-15)20(28)25(18)12-14-3-4-14/h5-6,9-11,14,23H,3-4,7-8,12-13H2,1-2H3. The highest BCUT2D eigenvalue weighted by molar-refractivity contribution is 7.89. The molecular formula is C21H25N5O4S. The van der Waals surface area contributed by atoms with Crippen molar-refractivity contribution in [3.63, 3.8) is 0 Å². The van der Waals surface area contributed by atoms with Crippen LogP contribution in [0.4, 0.5) is 0 Å². The topological polar surface area (TPSA) is 108 Å². The first-order chi connectivity index (χ1) is 14.7. The van der Waals surface area contributed by atoms with Crippen molar-refractivity contribution in [1.82, 2.24) is 23.6 Å². The van der Waals surface area contributed by atoms with Crippen molar-refractivity contribution in [3.8, 4) is 0 Å². The predicted octanol–water partition coefficient (Wildman–Crippen LogP) is 1.19. The van der Waals surface area contributed by atoms with Crippen LogP contribution in [0, 0.1) is 5.92 Å². The molecule has 10 heteroatoms. The number of hydrogen-bond acceptors (Lipinski definition) is 5. The van der Waals surface area contributed by atoms with Crippen LogP contribution >= 0.6 is 0 Å². The second-order valence-electron chi connectivity index (χ2n) is 9.10. The first kappa shape index (κ1) is 20.2. The van der Waals surface area contributed by atoms with Crippen LogP contribution < -0.4 is 16.0 Å². The summed E-state index contributed by atoms with van der Waals surface area (Å²) in [6, 6.07) is 4.46. The Morgan fingerprint density at radius 1 is 1.19 bits per heavy atom. The predicted molar refractivity (Wildman–Crippen MR) is 115 cm³/mol. The Morgan fingerprint density at radius 2 is 1.94 bits per heavy atom. The van der Waals surface area contributed by atoms with E-state index in [1.165, 1.54) is 16.7 Å². The number of nitrogens with one attached hydrogen (secondary N) is 1. The first-order valence-corrected chi connectivity index (χ1v) is 11.9. The van der Waals surface area contributed by atoms with Gasteiger partial charge in [-0.3, -0.25) is 18.6 Å². The van der Waals surface area contributed by atoms with E-state index in [1.54, 1.807) is 34.8 Å². The summed E-state index contributed by atoms with van der Waals surface area (Å²) < 4.78 is 32.8. The van der Waals surface area contributed by atoms with Crippen molar-refractivity contribution < 1.29 is 8.42 Å². The molecule has 2 aromatic heterocycles. The van der Waals surface area contributed by atoms with Gasteiger partial charge in [-0.05, 0) is 56.7 Å². The molecule has 0 aliphatic heterocycles. The molecule has 31 heavy (non-hydrogen) atoms. The second kappa shape index (κ2) is 6.89. The average molecular weight is 444 g/mol. The number of nitrogens with zero attached hydrogens (tertiary/aromatic N) is 4. The van der Waals surface area contributed by atoms with E-state index in [-0.39, 0.29) is 22.5 Å². The van der Waals surface area contributed by atoms with Crippen molar-refractivity contribution in [1.29, 1.82) is 0 Å². The minimum absolute atomic E-state index is 0.0368. The lowest BCUT2D eigenvalue weighted by atomic mass is 10.2. The van der Waals surface area contributed by atoms with Crippen LogP contribution in [0.25, 0.3) is 10.9 Å². The number of rotatable bonds is 7. The molecular weight excluding hydrogens is 418 g/mol. The minimum Gasteiger partial charge on any atom is -0.293 e. The Morgan fingerprint density at radius 3 is 2.55 bits per heavy atom. The molecule has 0 bridgehead atoms. The summed E-state index contributed by atoms with van der Waals surface area (Å²) in [5, 5.41) is 4.34. The van der Waals surface area contributed by atoms with Crippen molar-refractivity contribution in [2.75, 3.05) is 0 Å². The molecule has 0 atom stereocenters. The third-order valence-corrected chi connectivity index (χ3v) is 7.76. The number of hydrogen-bond donors (Lipinski definition) is 1. The molecule has 2 fully saturated rings. The fourth-order valence-electron chi connectivity index (χ4n) is 3.85. The summed E-state index contributed by atoms with van der Waals surface area (Å²) in [6.45, 7) is 2.46. The van der Waals surface area contributed by atoms with Gasteiger partial charge in [0.1, 0.15) is 0 Å². The van der Waals surface area contributed by atoms with Gasteiger partial charge in [0, 0.05) is 30.9 Å². The normalized spacial score (nSPS) is 17.9. The lowest BCUT2D eigenvalue weighted by molar-refractivity contribution is 0.557. The zero-order valence-corrected chi connectivity index (χ0v) is 18.4. The van der Waals surface area contributed by atoms with Crippen LogP contribution in [0.5, 0.6) is 0 Å². The van der Waals surface area contributed by atoms with E-state index in [1.807, 2.05) is 6.92 Å². The highest BCUT2D eigenvalue weighted by Gasteiger charge is 2.41. The summed E-state index contributed by atoms with van der Waals surface area (Å²) in [7, 11) is -2.00. The van der Waals surface area contributed by atoms with Crippen LogP contribution in [-0.2, 0) is 30.2 Å². The summed E-state index contributed by atoms with van der Waals surface area (Å²) in [6.07, 6.45) is 7.04. The Labute approximate surface area is 179 Å². The fraction of sp³-hybridized carbons (Fsp3) is 0.476. The fourth-order valence-corrected chi connectivity index (χ4v) is 5.34. The minimum atomic E-state index is -3.76.